The molecule has 0 aliphatic carbocycles. The van der Waals surface area contributed by atoms with Crippen LogP contribution in [0.5, 0.6) is 0 Å². The summed E-state index contributed by atoms with van der Waals surface area (Å²) in [6, 6.07) is 0. The highest BCUT2D eigenvalue weighted by Crippen LogP contribution is 2.09. The van der Waals surface area contributed by atoms with Crippen molar-refractivity contribution >= 4 is 0 Å². The van der Waals surface area contributed by atoms with Crippen LogP contribution in [0.25, 0.3) is 0 Å². The normalized spacial score (nSPS) is 11.2. The van der Waals surface area contributed by atoms with Crippen molar-refractivity contribution in [3.05, 3.63) is 18.0 Å². The maximum absolute atomic E-state index is 12.1. The van der Waals surface area contributed by atoms with Crippen molar-refractivity contribution < 1.29 is 8.78 Å². The molecule has 1 rings (SSSR count). The third-order valence-corrected chi connectivity index (χ3v) is 2.58. The molecule has 16 heavy (non-hydrogen) atoms. The van der Waals surface area contributed by atoms with Gasteiger partial charge >= 0.3 is 0 Å². The maximum atomic E-state index is 12.1. The molecule has 0 N–H and O–H groups in total. The number of nitrogens with zero attached hydrogens (tertiary/aromatic N) is 2. The number of hydrogen-bond acceptors (Lipinski definition) is 1. The van der Waals surface area contributed by atoms with Crippen LogP contribution in [0, 0.1) is 0 Å². The Morgan fingerprint density at radius 3 is 2.69 bits per heavy atom. The standard InChI is InChI=1S/C12H20F2N2/c1-2-3-4-5-6-7-11-8-15-16(9-11)10-12(13)14/h8-9,12H,2-7,10H2,1H3. The summed E-state index contributed by atoms with van der Waals surface area (Å²) in [5.74, 6) is 0. The van der Waals surface area contributed by atoms with Crippen LogP contribution in [0.15, 0.2) is 12.4 Å². The number of unbranched alkanes of at least 4 members (excludes halogenated alkanes) is 4. The molecule has 1 heterocycles. The van der Waals surface area contributed by atoms with Gasteiger partial charge in [-0.15, -0.1) is 0 Å². The first-order valence-corrected chi connectivity index (χ1v) is 6.02. The highest BCUT2D eigenvalue weighted by atomic mass is 19.3. The Labute approximate surface area is 95.7 Å². The van der Waals surface area contributed by atoms with Gasteiger partial charge in [0.1, 0.15) is 6.54 Å². The van der Waals surface area contributed by atoms with Crippen molar-refractivity contribution in [1.29, 1.82) is 0 Å². The van der Waals surface area contributed by atoms with Crippen LogP contribution in [0.4, 0.5) is 8.78 Å². The van der Waals surface area contributed by atoms with Gasteiger partial charge in [0.05, 0.1) is 6.20 Å². The first kappa shape index (κ1) is 13.1. The van der Waals surface area contributed by atoms with E-state index in [0.29, 0.717) is 0 Å². The molecular weight excluding hydrogens is 210 g/mol. The monoisotopic (exact) mass is 230 g/mol. The van der Waals surface area contributed by atoms with Gasteiger partial charge < -0.3 is 0 Å². The second kappa shape index (κ2) is 7.36. The first-order chi connectivity index (χ1) is 7.72. The van der Waals surface area contributed by atoms with Crippen molar-refractivity contribution in [3.8, 4) is 0 Å². The first-order valence-electron chi connectivity index (χ1n) is 6.02. The summed E-state index contributed by atoms with van der Waals surface area (Å²) in [7, 11) is 0. The van der Waals surface area contributed by atoms with Gasteiger partial charge in [0, 0.05) is 6.20 Å². The minimum Gasteiger partial charge on any atom is -0.267 e. The summed E-state index contributed by atoms with van der Waals surface area (Å²) >= 11 is 0. The molecule has 0 fully saturated rings. The fourth-order valence-corrected chi connectivity index (χ4v) is 1.71. The molecule has 0 aliphatic heterocycles. The Hall–Kier alpha value is -0.930. The molecule has 0 aromatic carbocycles. The molecule has 4 heteroatoms. The quantitative estimate of drug-likeness (QED) is 0.623. The number of aromatic nitrogens is 2. The topological polar surface area (TPSA) is 17.8 Å². The van der Waals surface area contributed by atoms with E-state index in [-0.39, 0.29) is 6.54 Å². The van der Waals surface area contributed by atoms with Gasteiger partial charge in [-0.3, -0.25) is 4.68 Å². The SMILES string of the molecule is CCCCCCCc1cnn(CC(F)F)c1. The van der Waals surface area contributed by atoms with Crippen LogP contribution in [-0.2, 0) is 13.0 Å². The van der Waals surface area contributed by atoms with E-state index in [1.165, 1.54) is 30.4 Å². The van der Waals surface area contributed by atoms with Gasteiger partial charge in [0.2, 0.25) is 0 Å². The number of alkyl halides is 2. The third kappa shape index (κ3) is 5.24. The highest BCUT2D eigenvalue weighted by Gasteiger charge is 2.05. The van der Waals surface area contributed by atoms with E-state index in [0.717, 1.165) is 18.4 Å². The molecule has 0 bridgehead atoms. The molecule has 0 unspecified atom stereocenters. The Morgan fingerprint density at radius 1 is 1.25 bits per heavy atom. The van der Waals surface area contributed by atoms with Crippen LogP contribution >= 0.6 is 0 Å². The van der Waals surface area contributed by atoms with E-state index in [2.05, 4.69) is 12.0 Å². The molecule has 0 saturated heterocycles. The van der Waals surface area contributed by atoms with Gasteiger partial charge in [0.25, 0.3) is 6.43 Å². The van der Waals surface area contributed by atoms with Gasteiger partial charge in [-0.05, 0) is 18.4 Å². The van der Waals surface area contributed by atoms with Crippen LogP contribution in [0.3, 0.4) is 0 Å². The van der Waals surface area contributed by atoms with Crippen molar-refractivity contribution in [3.63, 3.8) is 0 Å². The molecular formula is C12H20F2N2. The minimum absolute atomic E-state index is 0.296. The van der Waals surface area contributed by atoms with Gasteiger partial charge in [0.15, 0.2) is 0 Å². The van der Waals surface area contributed by atoms with Crippen LogP contribution in [0.1, 0.15) is 44.6 Å². The average molecular weight is 230 g/mol. The molecule has 0 atom stereocenters. The smallest absolute Gasteiger partial charge is 0.257 e. The van der Waals surface area contributed by atoms with E-state index < -0.39 is 6.43 Å². The lowest BCUT2D eigenvalue weighted by Gasteiger charge is -1.99. The fraction of sp³-hybridized carbons (Fsp3) is 0.750. The van der Waals surface area contributed by atoms with E-state index in [4.69, 9.17) is 0 Å². The molecule has 0 spiro atoms. The van der Waals surface area contributed by atoms with Crippen molar-refractivity contribution in [2.75, 3.05) is 0 Å². The largest absolute Gasteiger partial charge is 0.267 e. The van der Waals surface area contributed by atoms with Gasteiger partial charge in [-0.25, -0.2) is 8.78 Å². The van der Waals surface area contributed by atoms with E-state index in [1.54, 1.807) is 12.4 Å². The number of hydrogen-bond donors (Lipinski definition) is 0. The zero-order chi connectivity index (χ0) is 11.8. The Bertz CT molecular complexity index is 284. The van der Waals surface area contributed by atoms with Crippen molar-refractivity contribution in [1.82, 2.24) is 9.78 Å². The molecule has 92 valence electrons. The van der Waals surface area contributed by atoms with Crippen LogP contribution in [0.2, 0.25) is 0 Å². The fourth-order valence-electron chi connectivity index (χ4n) is 1.71. The Kier molecular flexibility index (Phi) is 6.04. The number of aryl methyl sites for hydroxylation is 1. The predicted molar refractivity (Wildman–Crippen MR) is 60.7 cm³/mol. The summed E-state index contributed by atoms with van der Waals surface area (Å²) in [5, 5.41) is 3.91. The Morgan fingerprint density at radius 2 is 2.00 bits per heavy atom. The van der Waals surface area contributed by atoms with Crippen molar-refractivity contribution in [2.24, 2.45) is 0 Å². The maximum Gasteiger partial charge on any atom is 0.257 e. The third-order valence-electron chi connectivity index (χ3n) is 2.58. The highest BCUT2D eigenvalue weighted by molar-refractivity contribution is 5.03. The van der Waals surface area contributed by atoms with Crippen LogP contribution in [-0.4, -0.2) is 16.2 Å². The number of halogens is 2. The van der Waals surface area contributed by atoms with E-state index in [9.17, 15) is 8.78 Å². The second-order valence-corrected chi connectivity index (χ2v) is 4.13. The lowest BCUT2D eigenvalue weighted by Crippen LogP contribution is -2.06. The summed E-state index contributed by atoms with van der Waals surface area (Å²) in [4.78, 5) is 0. The zero-order valence-corrected chi connectivity index (χ0v) is 9.83. The molecule has 1 aromatic heterocycles. The number of rotatable bonds is 8. The Balaban J connectivity index is 2.19. The van der Waals surface area contributed by atoms with Crippen LogP contribution < -0.4 is 0 Å². The second-order valence-electron chi connectivity index (χ2n) is 4.13. The zero-order valence-electron chi connectivity index (χ0n) is 9.83. The molecule has 1 aromatic rings. The summed E-state index contributed by atoms with van der Waals surface area (Å²) in [6.07, 6.45) is 8.19. The molecule has 0 amide bonds. The minimum atomic E-state index is -2.32. The summed E-state index contributed by atoms with van der Waals surface area (Å²) in [5.41, 5.74) is 1.07. The lowest BCUT2D eigenvalue weighted by molar-refractivity contribution is 0.122. The summed E-state index contributed by atoms with van der Waals surface area (Å²) in [6.45, 7) is 1.89. The van der Waals surface area contributed by atoms with Gasteiger partial charge in [-0.2, -0.15) is 5.10 Å². The lowest BCUT2D eigenvalue weighted by atomic mass is 10.1. The molecule has 0 aliphatic rings. The molecule has 0 saturated carbocycles. The van der Waals surface area contributed by atoms with Gasteiger partial charge in [-0.1, -0.05) is 32.6 Å². The molecule has 0 radical (unpaired) electrons. The van der Waals surface area contributed by atoms with E-state index >= 15 is 0 Å². The molecule has 2 nitrogen and oxygen atoms in total. The van der Waals surface area contributed by atoms with Crippen molar-refractivity contribution in [2.45, 2.75) is 58.4 Å². The predicted octanol–water partition coefficient (Wildman–Crippen LogP) is 3.66. The average Bonchev–Trinajstić information content (AvgIpc) is 2.64. The summed E-state index contributed by atoms with van der Waals surface area (Å²) < 4.78 is 25.4. The van der Waals surface area contributed by atoms with E-state index in [1.807, 2.05) is 0 Å².